The van der Waals surface area contributed by atoms with E-state index in [1.807, 2.05) is 102 Å². The van der Waals surface area contributed by atoms with Crippen LogP contribution in [0.2, 0.25) is 0 Å². The van der Waals surface area contributed by atoms with E-state index in [-0.39, 0.29) is 18.6 Å². The molecule has 0 atom stereocenters. The number of carbonyl (C=O) groups is 2. The van der Waals surface area contributed by atoms with Gasteiger partial charge in [-0.15, -0.1) is 11.3 Å². The van der Waals surface area contributed by atoms with Crippen LogP contribution >= 0.6 is 11.3 Å². The molecular weight excluding hydrogens is 456 g/mol. The Morgan fingerprint density at radius 1 is 0.829 bits per heavy atom. The maximum Gasteiger partial charge on any atom is 0.339 e. The summed E-state index contributed by atoms with van der Waals surface area (Å²) in [4.78, 5) is 31.6. The van der Waals surface area contributed by atoms with Crippen molar-refractivity contribution in [1.82, 2.24) is 10.3 Å². The number of rotatable bonds is 7. The number of esters is 1. The summed E-state index contributed by atoms with van der Waals surface area (Å²) in [5.74, 6) is -0.944. The van der Waals surface area contributed by atoms with Gasteiger partial charge in [0.15, 0.2) is 6.61 Å². The Labute approximate surface area is 207 Å². The Morgan fingerprint density at radius 2 is 1.49 bits per heavy atom. The first kappa shape index (κ1) is 22.5. The number of nitrogens with one attached hydrogen (secondary N) is 1. The van der Waals surface area contributed by atoms with Crippen molar-refractivity contribution in [2.75, 3.05) is 6.61 Å². The fraction of sp³-hybridized carbons (Fsp3) is 0.0690. The fourth-order valence-electron chi connectivity index (χ4n) is 3.96. The largest absolute Gasteiger partial charge is 0.452 e. The predicted octanol–water partition coefficient (Wildman–Crippen LogP) is 6.03. The van der Waals surface area contributed by atoms with Gasteiger partial charge in [0.25, 0.3) is 5.91 Å². The van der Waals surface area contributed by atoms with Crippen molar-refractivity contribution in [2.24, 2.45) is 0 Å². The van der Waals surface area contributed by atoms with Gasteiger partial charge < -0.3 is 10.1 Å². The first-order chi connectivity index (χ1) is 17.2. The SMILES string of the molecule is O=C(COC(=O)c1cc(-c2cccs2)nc2ccccc12)NC(c1ccccc1)c1ccccc1. The summed E-state index contributed by atoms with van der Waals surface area (Å²) in [6, 6.07) is 32.1. The summed E-state index contributed by atoms with van der Waals surface area (Å²) >= 11 is 1.55. The molecule has 0 saturated heterocycles. The predicted molar refractivity (Wildman–Crippen MR) is 138 cm³/mol. The summed E-state index contributed by atoms with van der Waals surface area (Å²) in [7, 11) is 0. The highest BCUT2D eigenvalue weighted by Crippen LogP contribution is 2.28. The molecule has 1 amide bonds. The summed E-state index contributed by atoms with van der Waals surface area (Å²) in [5, 5.41) is 5.65. The van der Waals surface area contributed by atoms with Gasteiger partial charge in [-0.1, -0.05) is 84.9 Å². The van der Waals surface area contributed by atoms with Crippen molar-refractivity contribution in [3.63, 3.8) is 0 Å². The molecule has 5 rings (SSSR count). The van der Waals surface area contributed by atoms with Crippen LogP contribution in [0.1, 0.15) is 27.5 Å². The molecule has 3 aromatic carbocycles. The van der Waals surface area contributed by atoms with Gasteiger partial charge in [-0.05, 0) is 34.7 Å². The molecule has 0 aliphatic rings. The molecule has 0 fully saturated rings. The topological polar surface area (TPSA) is 68.3 Å². The monoisotopic (exact) mass is 478 g/mol. The molecule has 0 bridgehead atoms. The number of para-hydroxylation sites is 1. The minimum atomic E-state index is -0.562. The number of hydrogen-bond acceptors (Lipinski definition) is 5. The minimum absolute atomic E-state index is 0.351. The molecule has 0 unspecified atom stereocenters. The lowest BCUT2D eigenvalue weighted by atomic mass is 9.99. The summed E-state index contributed by atoms with van der Waals surface area (Å²) < 4.78 is 5.47. The number of nitrogens with zero attached hydrogens (tertiary/aromatic N) is 1. The van der Waals surface area contributed by atoms with Crippen molar-refractivity contribution in [2.45, 2.75) is 6.04 Å². The Morgan fingerprint density at radius 3 is 2.14 bits per heavy atom. The number of benzene rings is 3. The highest BCUT2D eigenvalue weighted by molar-refractivity contribution is 7.13. The molecule has 0 saturated carbocycles. The van der Waals surface area contributed by atoms with Gasteiger partial charge >= 0.3 is 5.97 Å². The van der Waals surface area contributed by atoms with Gasteiger partial charge in [0.05, 0.1) is 27.7 Å². The Kier molecular flexibility index (Phi) is 6.63. The van der Waals surface area contributed by atoms with Crippen molar-refractivity contribution in [1.29, 1.82) is 0 Å². The molecule has 0 aliphatic heterocycles. The molecule has 6 heteroatoms. The van der Waals surface area contributed by atoms with E-state index in [2.05, 4.69) is 10.3 Å². The van der Waals surface area contributed by atoms with Gasteiger partial charge in [0.2, 0.25) is 0 Å². The average Bonchev–Trinajstić information content (AvgIpc) is 3.46. The third-order valence-electron chi connectivity index (χ3n) is 5.62. The van der Waals surface area contributed by atoms with Crippen LogP contribution in [0.25, 0.3) is 21.5 Å². The lowest BCUT2D eigenvalue weighted by Crippen LogP contribution is -2.33. The van der Waals surface area contributed by atoms with Gasteiger partial charge in [0, 0.05) is 5.39 Å². The lowest BCUT2D eigenvalue weighted by molar-refractivity contribution is -0.124. The van der Waals surface area contributed by atoms with Crippen molar-refractivity contribution in [3.05, 3.63) is 125 Å². The number of ether oxygens (including phenoxy) is 1. The molecule has 1 N–H and O–H groups in total. The molecule has 2 aromatic heterocycles. The van der Waals surface area contributed by atoms with Crippen LogP contribution < -0.4 is 5.32 Å². The number of aromatic nitrogens is 1. The third-order valence-corrected chi connectivity index (χ3v) is 6.51. The normalized spacial score (nSPS) is 10.9. The summed E-state index contributed by atoms with van der Waals surface area (Å²) in [5.41, 5.74) is 3.67. The second kappa shape index (κ2) is 10.3. The Hall–Kier alpha value is -4.29. The molecule has 172 valence electrons. The van der Waals surface area contributed by atoms with Crippen LogP contribution in [0.15, 0.2) is 109 Å². The zero-order chi connectivity index (χ0) is 24.0. The van der Waals surface area contributed by atoms with E-state index < -0.39 is 5.97 Å². The quantitative estimate of drug-likeness (QED) is 0.290. The molecule has 0 aliphatic carbocycles. The number of fused-ring (bicyclic) bond motifs is 1. The Balaban J connectivity index is 1.35. The lowest BCUT2D eigenvalue weighted by Gasteiger charge is -2.20. The van der Waals surface area contributed by atoms with Crippen molar-refractivity contribution < 1.29 is 14.3 Å². The van der Waals surface area contributed by atoms with E-state index in [1.165, 1.54) is 0 Å². The maximum absolute atomic E-state index is 13.1. The van der Waals surface area contributed by atoms with Crippen LogP contribution in [0.5, 0.6) is 0 Å². The van der Waals surface area contributed by atoms with Gasteiger partial charge in [-0.2, -0.15) is 0 Å². The first-order valence-electron chi connectivity index (χ1n) is 11.2. The maximum atomic E-state index is 13.1. The molecule has 0 spiro atoms. The number of carbonyl (C=O) groups excluding carboxylic acids is 2. The van der Waals surface area contributed by atoms with E-state index in [4.69, 9.17) is 4.74 Å². The van der Waals surface area contributed by atoms with Crippen LogP contribution in [0.4, 0.5) is 0 Å². The highest BCUT2D eigenvalue weighted by atomic mass is 32.1. The highest BCUT2D eigenvalue weighted by Gasteiger charge is 2.20. The summed E-state index contributed by atoms with van der Waals surface area (Å²) in [6.45, 7) is -0.389. The van der Waals surface area contributed by atoms with Crippen LogP contribution in [0, 0.1) is 0 Å². The van der Waals surface area contributed by atoms with Crippen molar-refractivity contribution in [3.8, 4) is 10.6 Å². The van der Waals surface area contributed by atoms with E-state index in [0.717, 1.165) is 16.0 Å². The van der Waals surface area contributed by atoms with E-state index in [0.29, 0.717) is 22.2 Å². The van der Waals surface area contributed by atoms with E-state index in [9.17, 15) is 9.59 Å². The summed E-state index contributed by atoms with van der Waals surface area (Å²) in [6.07, 6.45) is 0. The standard InChI is InChI=1S/C29H22N2O3S/c32-27(31-28(20-10-3-1-4-11-20)21-12-5-2-6-13-21)19-34-29(33)23-18-25(26-16-9-17-35-26)30-24-15-8-7-14-22(23)24/h1-18,28H,19H2,(H,31,32). The zero-order valence-corrected chi connectivity index (χ0v) is 19.6. The minimum Gasteiger partial charge on any atom is -0.452 e. The van der Waals surface area contributed by atoms with Gasteiger partial charge in [-0.3, -0.25) is 4.79 Å². The first-order valence-corrected chi connectivity index (χ1v) is 12.1. The van der Waals surface area contributed by atoms with E-state index in [1.54, 1.807) is 17.4 Å². The van der Waals surface area contributed by atoms with Crippen LogP contribution in [-0.4, -0.2) is 23.5 Å². The number of pyridine rings is 1. The number of thiophene rings is 1. The molecule has 2 heterocycles. The zero-order valence-electron chi connectivity index (χ0n) is 18.8. The molecule has 35 heavy (non-hydrogen) atoms. The average molecular weight is 479 g/mol. The van der Waals surface area contributed by atoms with Crippen molar-refractivity contribution >= 4 is 34.1 Å². The van der Waals surface area contributed by atoms with Gasteiger partial charge in [0.1, 0.15) is 0 Å². The third kappa shape index (κ3) is 5.13. The second-order valence-electron chi connectivity index (χ2n) is 7.95. The molecule has 0 radical (unpaired) electrons. The fourth-order valence-corrected chi connectivity index (χ4v) is 4.64. The molecular formula is C29H22N2O3S. The number of hydrogen-bond donors (Lipinski definition) is 1. The van der Waals surface area contributed by atoms with Gasteiger partial charge in [-0.25, -0.2) is 9.78 Å². The smallest absolute Gasteiger partial charge is 0.339 e. The molecule has 5 aromatic rings. The number of amides is 1. The van der Waals surface area contributed by atoms with Crippen LogP contribution in [-0.2, 0) is 9.53 Å². The van der Waals surface area contributed by atoms with E-state index >= 15 is 0 Å². The Bertz CT molecular complexity index is 1410. The second-order valence-corrected chi connectivity index (χ2v) is 8.90. The van der Waals surface area contributed by atoms with Crippen LogP contribution in [0.3, 0.4) is 0 Å². The molecule has 5 nitrogen and oxygen atoms in total.